The third kappa shape index (κ3) is 8.04. The highest BCUT2D eigenvalue weighted by atomic mass is 32.2. The molecule has 11 heteroatoms. The molecule has 196 valence electrons. The molecule has 1 unspecified atom stereocenters. The van der Waals surface area contributed by atoms with E-state index in [9.17, 15) is 28.1 Å². The van der Waals surface area contributed by atoms with Gasteiger partial charge in [0.25, 0.3) is 5.69 Å². The number of nitro groups is 1. The highest BCUT2D eigenvalue weighted by Gasteiger charge is 2.33. The third-order valence-corrected chi connectivity index (χ3v) is 6.51. The van der Waals surface area contributed by atoms with Crippen LogP contribution in [0.1, 0.15) is 45.2 Å². The van der Waals surface area contributed by atoms with Crippen molar-refractivity contribution >= 4 is 33.2 Å². The quantitative estimate of drug-likeness (QED) is 0.379. The maximum Gasteiger partial charge on any atom is 0.271 e. The second-order valence-electron chi connectivity index (χ2n) is 9.72. The van der Waals surface area contributed by atoms with Crippen molar-refractivity contribution in [2.24, 2.45) is 0 Å². The molecule has 0 spiro atoms. The van der Waals surface area contributed by atoms with Crippen LogP contribution in [0, 0.1) is 17.0 Å². The molecule has 0 radical (unpaired) electrons. The Morgan fingerprint density at radius 2 is 1.72 bits per heavy atom. The van der Waals surface area contributed by atoms with E-state index in [1.54, 1.807) is 6.92 Å². The molecule has 36 heavy (non-hydrogen) atoms. The fraction of sp³-hybridized carbons (Fsp3) is 0.440. The first kappa shape index (κ1) is 28.8. The van der Waals surface area contributed by atoms with Crippen LogP contribution >= 0.6 is 0 Å². The molecule has 2 aromatic rings. The lowest BCUT2D eigenvalue weighted by atomic mass is 10.1. The number of carbonyl (C=O) groups excluding carboxylic acids is 2. The van der Waals surface area contributed by atoms with E-state index in [4.69, 9.17) is 0 Å². The van der Waals surface area contributed by atoms with Crippen molar-refractivity contribution in [3.63, 3.8) is 0 Å². The van der Waals surface area contributed by atoms with Gasteiger partial charge in [-0.15, -0.1) is 0 Å². The molecule has 10 nitrogen and oxygen atoms in total. The highest BCUT2D eigenvalue weighted by molar-refractivity contribution is 7.92. The SMILES string of the molecule is CCC(C(=O)NC(C)(C)C)N(Cc1ccc(C)cc1)C(=O)CN(c1cccc([N+](=O)[O-])c1)S(C)(=O)=O. The predicted molar refractivity (Wildman–Crippen MR) is 139 cm³/mol. The number of non-ortho nitro benzene ring substituents is 1. The number of anilines is 1. The Labute approximate surface area is 212 Å². The standard InChI is InChI=1S/C25H34N4O6S/c1-7-22(24(31)26-25(3,4)5)27(16-19-13-11-18(2)12-14-19)23(30)17-28(36(6,34)35)20-9-8-10-21(15-20)29(32)33/h8-15,22H,7,16-17H2,1-6H3,(H,26,31). The summed E-state index contributed by atoms with van der Waals surface area (Å²) in [5.41, 5.74) is 0.953. The number of nitrogens with one attached hydrogen (secondary N) is 1. The monoisotopic (exact) mass is 518 g/mol. The molecule has 0 aliphatic heterocycles. The Kier molecular flexibility index (Phi) is 9.20. The number of sulfonamides is 1. The van der Waals surface area contributed by atoms with E-state index >= 15 is 0 Å². The lowest BCUT2D eigenvalue weighted by molar-refractivity contribution is -0.384. The van der Waals surface area contributed by atoms with Crippen LogP contribution in [0.15, 0.2) is 48.5 Å². The summed E-state index contributed by atoms with van der Waals surface area (Å²) in [4.78, 5) is 38.7. The van der Waals surface area contributed by atoms with Crippen molar-refractivity contribution < 1.29 is 22.9 Å². The second-order valence-corrected chi connectivity index (χ2v) is 11.6. The summed E-state index contributed by atoms with van der Waals surface area (Å²) in [6, 6.07) is 11.7. The average Bonchev–Trinajstić information content (AvgIpc) is 2.76. The number of amides is 2. The lowest BCUT2D eigenvalue weighted by Gasteiger charge is -2.34. The first-order valence-electron chi connectivity index (χ1n) is 11.5. The summed E-state index contributed by atoms with van der Waals surface area (Å²) in [5, 5.41) is 14.1. The van der Waals surface area contributed by atoms with Gasteiger partial charge in [-0.2, -0.15) is 0 Å². The molecule has 1 atom stereocenters. The first-order chi connectivity index (χ1) is 16.6. The lowest BCUT2D eigenvalue weighted by Crippen LogP contribution is -2.55. The van der Waals surface area contributed by atoms with Gasteiger partial charge >= 0.3 is 0 Å². The molecule has 1 N–H and O–H groups in total. The zero-order valence-electron chi connectivity index (χ0n) is 21.5. The Morgan fingerprint density at radius 1 is 1.11 bits per heavy atom. The minimum atomic E-state index is -3.99. The van der Waals surface area contributed by atoms with Crippen LogP contribution in [0.3, 0.4) is 0 Å². The van der Waals surface area contributed by atoms with Gasteiger partial charge in [0.1, 0.15) is 12.6 Å². The minimum absolute atomic E-state index is 0.0115. The maximum absolute atomic E-state index is 13.6. The highest BCUT2D eigenvalue weighted by Crippen LogP contribution is 2.24. The molecule has 2 rings (SSSR count). The largest absolute Gasteiger partial charge is 0.350 e. The molecule has 0 saturated heterocycles. The van der Waals surface area contributed by atoms with Gasteiger partial charge in [0, 0.05) is 24.2 Å². The summed E-state index contributed by atoms with van der Waals surface area (Å²) in [5.74, 6) is -0.963. The zero-order valence-corrected chi connectivity index (χ0v) is 22.3. The van der Waals surface area contributed by atoms with Gasteiger partial charge in [-0.25, -0.2) is 8.42 Å². The molecule has 0 aromatic heterocycles. The van der Waals surface area contributed by atoms with Crippen molar-refractivity contribution in [2.45, 2.75) is 59.2 Å². The Bertz CT molecular complexity index is 1210. The molecule has 0 bridgehead atoms. The minimum Gasteiger partial charge on any atom is -0.350 e. The van der Waals surface area contributed by atoms with Crippen molar-refractivity contribution in [1.82, 2.24) is 10.2 Å². The van der Waals surface area contributed by atoms with E-state index < -0.39 is 39.0 Å². The van der Waals surface area contributed by atoms with Gasteiger partial charge in [-0.1, -0.05) is 42.8 Å². The molecule has 0 aliphatic carbocycles. The van der Waals surface area contributed by atoms with Crippen molar-refractivity contribution in [1.29, 1.82) is 0 Å². The fourth-order valence-electron chi connectivity index (χ4n) is 3.64. The predicted octanol–water partition coefficient (Wildman–Crippen LogP) is 3.39. The van der Waals surface area contributed by atoms with Gasteiger partial charge in [0.05, 0.1) is 16.9 Å². The molecule has 0 aliphatic rings. The van der Waals surface area contributed by atoms with Crippen LogP contribution in [0.2, 0.25) is 0 Å². The summed E-state index contributed by atoms with van der Waals surface area (Å²) in [6.45, 7) is 8.66. The second kappa shape index (κ2) is 11.5. The first-order valence-corrected chi connectivity index (χ1v) is 13.4. The number of nitrogens with zero attached hydrogens (tertiary/aromatic N) is 3. The fourth-order valence-corrected chi connectivity index (χ4v) is 4.48. The van der Waals surface area contributed by atoms with Gasteiger partial charge < -0.3 is 10.2 Å². The van der Waals surface area contributed by atoms with Crippen LogP contribution in [-0.2, 0) is 26.2 Å². The molecular weight excluding hydrogens is 484 g/mol. The number of benzene rings is 2. The molecule has 0 heterocycles. The third-order valence-electron chi connectivity index (χ3n) is 5.37. The van der Waals surface area contributed by atoms with Crippen molar-refractivity contribution in [2.75, 3.05) is 17.1 Å². The van der Waals surface area contributed by atoms with Crippen LogP contribution in [-0.4, -0.2) is 54.4 Å². The Balaban J connectivity index is 2.49. The van der Waals surface area contributed by atoms with E-state index in [0.717, 1.165) is 27.8 Å². The number of rotatable bonds is 10. The zero-order chi connectivity index (χ0) is 27.3. The number of hydrogen-bond acceptors (Lipinski definition) is 6. The number of hydrogen-bond donors (Lipinski definition) is 1. The van der Waals surface area contributed by atoms with Gasteiger partial charge in [-0.3, -0.25) is 24.0 Å². The maximum atomic E-state index is 13.6. The van der Waals surface area contributed by atoms with Crippen molar-refractivity contribution in [3.8, 4) is 0 Å². The molecule has 0 saturated carbocycles. The average molecular weight is 519 g/mol. The van der Waals surface area contributed by atoms with Gasteiger partial charge in [0.2, 0.25) is 21.8 Å². The molecule has 2 aromatic carbocycles. The van der Waals surface area contributed by atoms with Gasteiger partial charge in [-0.05, 0) is 45.7 Å². The number of carbonyl (C=O) groups is 2. The summed E-state index contributed by atoms with van der Waals surface area (Å²) in [7, 11) is -3.99. The smallest absolute Gasteiger partial charge is 0.271 e. The number of aryl methyl sites for hydroxylation is 1. The van der Waals surface area contributed by atoms with Crippen LogP contribution in [0.25, 0.3) is 0 Å². The van der Waals surface area contributed by atoms with Crippen molar-refractivity contribution in [3.05, 3.63) is 69.8 Å². The van der Waals surface area contributed by atoms with E-state index in [-0.39, 0.29) is 23.8 Å². The molecular formula is C25H34N4O6S. The molecule has 2 amide bonds. The van der Waals surface area contributed by atoms with Crippen LogP contribution < -0.4 is 9.62 Å². The Morgan fingerprint density at radius 3 is 2.22 bits per heavy atom. The summed E-state index contributed by atoms with van der Waals surface area (Å²) < 4.78 is 26.1. The topological polar surface area (TPSA) is 130 Å². The van der Waals surface area contributed by atoms with E-state index in [1.165, 1.54) is 23.1 Å². The summed E-state index contributed by atoms with van der Waals surface area (Å²) in [6.07, 6.45) is 1.22. The van der Waals surface area contributed by atoms with E-state index in [0.29, 0.717) is 6.42 Å². The van der Waals surface area contributed by atoms with E-state index in [1.807, 2.05) is 52.0 Å². The molecule has 0 fully saturated rings. The van der Waals surface area contributed by atoms with E-state index in [2.05, 4.69) is 5.32 Å². The van der Waals surface area contributed by atoms with Gasteiger partial charge in [0.15, 0.2) is 0 Å². The van der Waals surface area contributed by atoms with Crippen LogP contribution in [0.5, 0.6) is 0 Å². The normalized spacial score (nSPS) is 12.5. The summed E-state index contributed by atoms with van der Waals surface area (Å²) >= 11 is 0. The Hall–Kier alpha value is -3.47. The van der Waals surface area contributed by atoms with Crippen LogP contribution in [0.4, 0.5) is 11.4 Å². The number of nitro benzene ring substituents is 1.